The molecule has 28 heavy (non-hydrogen) atoms. The van der Waals surface area contributed by atoms with Gasteiger partial charge in [-0.3, -0.25) is 4.40 Å². The number of nitrogens with zero attached hydrogens (tertiary/aromatic N) is 7. The van der Waals surface area contributed by atoms with Crippen LogP contribution < -0.4 is 10.6 Å². The van der Waals surface area contributed by atoms with E-state index in [1.165, 1.54) is 0 Å². The number of hydrogen-bond acceptors (Lipinski definition) is 6. The molecule has 10 heteroatoms. The van der Waals surface area contributed by atoms with Gasteiger partial charge < -0.3 is 15.5 Å². The summed E-state index contributed by atoms with van der Waals surface area (Å²) in [5, 5.41) is 19.0. The third-order valence-corrected chi connectivity index (χ3v) is 4.86. The fourth-order valence-electron chi connectivity index (χ4n) is 3.44. The Morgan fingerprint density at radius 3 is 3.07 bits per heavy atom. The number of carbonyl (C=O) groups excluding carboxylic acids is 1. The summed E-state index contributed by atoms with van der Waals surface area (Å²) >= 11 is 0. The van der Waals surface area contributed by atoms with E-state index in [4.69, 9.17) is 0 Å². The van der Waals surface area contributed by atoms with Crippen LogP contribution in [-0.2, 0) is 6.54 Å². The Morgan fingerprint density at radius 2 is 2.11 bits per heavy atom. The van der Waals surface area contributed by atoms with Gasteiger partial charge in [0.25, 0.3) is 0 Å². The normalized spacial score (nSPS) is 16.7. The molecule has 0 aromatic carbocycles. The number of anilines is 1. The Kier molecular flexibility index (Phi) is 4.00. The van der Waals surface area contributed by atoms with Gasteiger partial charge >= 0.3 is 6.03 Å². The van der Waals surface area contributed by atoms with E-state index in [0.717, 1.165) is 23.5 Å². The topological polar surface area (TPSA) is 105 Å². The van der Waals surface area contributed by atoms with Crippen molar-refractivity contribution in [2.45, 2.75) is 19.0 Å². The minimum Gasteiger partial charge on any atom is -0.364 e. The van der Waals surface area contributed by atoms with Gasteiger partial charge in [0, 0.05) is 37.7 Å². The second-order valence-electron chi connectivity index (χ2n) is 6.73. The molecule has 2 N–H and O–H groups in total. The van der Waals surface area contributed by atoms with Gasteiger partial charge in [0.05, 0.1) is 6.54 Å². The predicted octanol–water partition coefficient (Wildman–Crippen LogP) is 1.17. The quantitative estimate of drug-likeness (QED) is 0.553. The molecule has 10 nitrogen and oxygen atoms in total. The zero-order valence-corrected chi connectivity index (χ0v) is 15.1. The van der Waals surface area contributed by atoms with E-state index >= 15 is 0 Å². The van der Waals surface area contributed by atoms with Gasteiger partial charge in [-0.1, -0.05) is 6.07 Å². The maximum atomic E-state index is 12.5. The van der Waals surface area contributed by atoms with E-state index in [1.807, 2.05) is 47.1 Å². The lowest BCUT2D eigenvalue weighted by Gasteiger charge is -2.18. The van der Waals surface area contributed by atoms with Crippen LogP contribution in [0.5, 0.6) is 0 Å². The second-order valence-corrected chi connectivity index (χ2v) is 6.73. The lowest BCUT2D eigenvalue weighted by molar-refractivity contribution is 0.207. The summed E-state index contributed by atoms with van der Waals surface area (Å²) in [6, 6.07) is 9.57. The monoisotopic (exact) mass is 377 g/mol. The molecule has 0 bridgehead atoms. The number of pyridine rings is 1. The molecule has 1 aliphatic heterocycles. The summed E-state index contributed by atoms with van der Waals surface area (Å²) in [4.78, 5) is 18.5. The van der Waals surface area contributed by atoms with Crippen molar-refractivity contribution in [3.8, 4) is 0 Å². The third kappa shape index (κ3) is 3.08. The molecule has 1 atom stereocenters. The molecule has 142 valence electrons. The molecule has 0 aliphatic carbocycles. The Balaban J connectivity index is 1.17. The van der Waals surface area contributed by atoms with Gasteiger partial charge in [-0.15, -0.1) is 15.3 Å². The van der Waals surface area contributed by atoms with Crippen molar-refractivity contribution in [1.82, 2.24) is 39.4 Å². The highest BCUT2D eigenvalue weighted by atomic mass is 16.2. The zero-order chi connectivity index (χ0) is 18.9. The number of hydrogen-bond donors (Lipinski definition) is 2. The molecule has 1 unspecified atom stereocenters. The molecule has 1 aliphatic rings. The van der Waals surface area contributed by atoms with E-state index in [9.17, 15) is 4.79 Å². The Hall–Kier alpha value is -3.69. The molecular formula is C18H19N9O. The van der Waals surface area contributed by atoms with Crippen LogP contribution in [0.4, 0.5) is 10.6 Å². The SMILES string of the molecule is O=C(NCc1nnc2ccccn12)N1CCC(Nc2ccc3nccn3n2)C1. The molecule has 5 rings (SSSR count). The van der Waals surface area contributed by atoms with Crippen LogP contribution in [0.3, 0.4) is 0 Å². The van der Waals surface area contributed by atoms with Crippen molar-refractivity contribution in [2.75, 3.05) is 18.4 Å². The maximum Gasteiger partial charge on any atom is 0.317 e. The van der Waals surface area contributed by atoms with E-state index in [-0.39, 0.29) is 12.1 Å². The first-order valence-electron chi connectivity index (χ1n) is 9.15. The zero-order valence-electron chi connectivity index (χ0n) is 15.1. The second kappa shape index (κ2) is 6.80. The fraction of sp³-hybridized carbons (Fsp3) is 0.278. The summed E-state index contributed by atoms with van der Waals surface area (Å²) < 4.78 is 3.59. The van der Waals surface area contributed by atoms with Crippen molar-refractivity contribution in [3.05, 3.63) is 54.7 Å². The van der Waals surface area contributed by atoms with Crippen LogP contribution in [0, 0.1) is 0 Å². The lowest BCUT2D eigenvalue weighted by atomic mass is 10.2. The van der Waals surface area contributed by atoms with E-state index < -0.39 is 0 Å². The molecule has 5 heterocycles. The smallest absolute Gasteiger partial charge is 0.317 e. The summed E-state index contributed by atoms with van der Waals surface area (Å²) in [6.07, 6.45) is 6.27. The first-order valence-corrected chi connectivity index (χ1v) is 9.15. The number of amides is 2. The molecule has 4 aromatic heterocycles. The van der Waals surface area contributed by atoms with Crippen molar-refractivity contribution < 1.29 is 4.79 Å². The van der Waals surface area contributed by atoms with Gasteiger partial charge in [0.2, 0.25) is 0 Å². The standard InChI is InChI=1S/C18H19N9O/c28-18(20-11-17-23-22-16-3-1-2-8-26(16)17)25-9-6-13(12-25)21-14-4-5-15-19-7-10-27(15)24-14/h1-5,7-8,10,13H,6,9,11-12H2,(H,20,28)(H,21,24). The molecule has 0 saturated carbocycles. The maximum absolute atomic E-state index is 12.5. The number of carbonyl (C=O) groups is 1. The Bertz CT molecular complexity index is 1130. The predicted molar refractivity (Wildman–Crippen MR) is 102 cm³/mol. The molecule has 1 saturated heterocycles. The summed E-state index contributed by atoms with van der Waals surface area (Å²) in [5.41, 5.74) is 1.57. The average molecular weight is 377 g/mol. The molecular weight excluding hydrogens is 358 g/mol. The van der Waals surface area contributed by atoms with Crippen LogP contribution in [-0.4, -0.2) is 59.3 Å². The Morgan fingerprint density at radius 1 is 1.14 bits per heavy atom. The first kappa shape index (κ1) is 16.5. The third-order valence-electron chi connectivity index (χ3n) is 4.86. The van der Waals surface area contributed by atoms with Gasteiger partial charge in [0.1, 0.15) is 5.82 Å². The van der Waals surface area contributed by atoms with Crippen LogP contribution in [0.2, 0.25) is 0 Å². The van der Waals surface area contributed by atoms with Gasteiger partial charge in [0.15, 0.2) is 17.1 Å². The number of rotatable bonds is 4. The lowest BCUT2D eigenvalue weighted by Crippen LogP contribution is -2.39. The first-order chi connectivity index (χ1) is 13.8. The van der Waals surface area contributed by atoms with E-state index in [0.29, 0.717) is 25.5 Å². The van der Waals surface area contributed by atoms with Crippen LogP contribution in [0.25, 0.3) is 11.3 Å². The molecule has 1 fully saturated rings. The summed E-state index contributed by atoms with van der Waals surface area (Å²) in [5.74, 6) is 1.48. The van der Waals surface area contributed by atoms with Crippen LogP contribution in [0.1, 0.15) is 12.2 Å². The molecule has 4 aromatic rings. The Labute approximate surface area is 160 Å². The van der Waals surface area contributed by atoms with Crippen molar-refractivity contribution in [3.63, 3.8) is 0 Å². The van der Waals surface area contributed by atoms with Crippen molar-refractivity contribution >= 4 is 23.1 Å². The summed E-state index contributed by atoms with van der Waals surface area (Å²) in [6.45, 7) is 1.64. The van der Waals surface area contributed by atoms with Crippen molar-refractivity contribution in [1.29, 1.82) is 0 Å². The highest BCUT2D eigenvalue weighted by Gasteiger charge is 2.26. The fourth-order valence-corrected chi connectivity index (χ4v) is 3.44. The number of nitrogens with one attached hydrogen (secondary N) is 2. The molecule has 0 radical (unpaired) electrons. The highest BCUT2D eigenvalue weighted by Crippen LogP contribution is 2.15. The minimum absolute atomic E-state index is 0.102. The molecule has 0 spiro atoms. The highest BCUT2D eigenvalue weighted by molar-refractivity contribution is 5.74. The number of fused-ring (bicyclic) bond motifs is 2. The largest absolute Gasteiger partial charge is 0.364 e. The van der Waals surface area contributed by atoms with Crippen molar-refractivity contribution in [2.24, 2.45) is 0 Å². The average Bonchev–Trinajstić information content (AvgIpc) is 3.45. The van der Waals surface area contributed by atoms with Crippen LogP contribution >= 0.6 is 0 Å². The van der Waals surface area contributed by atoms with Crippen LogP contribution in [0.15, 0.2) is 48.9 Å². The summed E-state index contributed by atoms with van der Waals surface area (Å²) in [7, 11) is 0. The number of likely N-dealkylation sites (tertiary alicyclic amines) is 1. The number of imidazole rings is 1. The van der Waals surface area contributed by atoms with Gasteiger partial charge in [-0.05, 0) is 30.7 Å². The number of aromatic nitrogens is 6. The molecule has 2 amide bonds. The van der Waals surface area contributed by atoms with E-state index in [2.05, 4.69) is 30.9 Å². The van der Waals surface area contributed by atoms with Gasteiger partial charge in [-0.25, -0.2) is 14.3 Å². The minimum atomic E-state index is -0.102. The number of urea groups is 1. The van der Waals surface area contributed by atoms with E-state index in [1.54, 1.807) is 15.6 Å². The van der Waals surface area contributed by atoms with Gasteiger partial charge in [-0.2, -0.15) is 0 Å².